The molecule has 0 aliphatic carbocycles. The average Bonchev–Trinajstić information content (AvgIpc) is 2.15. The highest BCUT2D eigenvalue weighted by atomic mass is 16.3. The Morgan fingerprint density at radius 2 is 2.44 bits per heavy atom. The lowest BCUT2D eigenvalue weighted by Crippen LogP contribution is -2.42. The van der Waals surface area contributed by atoms with Gasteiger partial charge in [-0.3, -0.25) is 4.90 Å². The Balaban J connectivity index is 2.41. The number of hydrogen-bond acceptors (Lipinski definition) is 3. The molecular weight excluding hydrogens is 116 g/mol. The van der Waals surface area contributed by atoms with E-state index in [2.05, 4.69) is 11.8 Å². The molecule has 0 bridgehead atoms. The first-order valence-electron chi connectivity index (χ1n) is 3.43. The first kappa shape index (κ1) is 6.99. The largest absolute Gasteiger partial charge is 0.390 e. The summed E-state index contributed by atoms with van der Waals surface area (Å²) < 4.78 is 0. The zero-order valence-electron chi connectivity index (χ0n) is 5.75. The fourth-order valence-electron chi connectivity index (χ4n) is 1.23. The molecule has 1 fully saturated rings. The summed E-state index contributed by atoms with van der Waals surface area (Å²) in [6.45, 7) is 3.94. The highest BCUT2D eigenvalue weighted by Crippen LogP contribution is 2.11. The van der Waals surface area contributed by atoms with Gasteiger partial charge in [0.1, 0.15) is 0 Å². The molecule has 2 atom stereocenters. The summed E-state index contributed by atoms with van der Waals surface area (Å²) in [5.41, 5.74) is 5.61. The van der Waals surface area contributed by atoms with Crippen LogP contribution in [0.15, 0.2) is 0 Å². The average molecular weight is 130 g/mol. The lowest BCUT2D eigenvalue weighted by atomic mass is 10.3. The Bertz CT molecular complexity index is 97.1. The summed E-state index contributed by atoms with van der Waals surface area (Å²) in [5.74, 6) is 0. The number of nitrogens with two attached hydrogens (primary N) is 1. The van der Waals surface area contributed by atoms with Crippen molar-refractivity contribution in [1.29, 1.82) is 0 Å². The third-order valence-corrected chi connectivity index (χ3v) is 1.93. The van der Waals surface area contributed by atoms with Crippen molar-refractivity contribution in [2.75, 3.05) is 13.1 Å². The Kier molecular flexibility index (Phi) is 2.05. The standard InChI is InChI=1S/C6H14N2O/c1-2-8-4-3-5(9)6(8)7/h5-6,9H,2-4,7H2,1H3. The monoisotopic (exact) mass is 130 g/mol. The van der Waals surface area contributed by atoms with E-state index in [0.717, 1.165) is 19.5 Å². The van der Waals surface area contributed by atoms with Gasteiger partial charge in [-0.2, -0.15) is 0 Å². The van der Waals surface area contributed by atoms with Crippen LogP contribution >= 0.6 is 0 Å². The van der Waals surface area contributed by atoms with E-state index in [-0.39, 0.29) is 12.3 Å². The van der Waals surface area contributed by atoms with Gasteiger partial charge in [0.2, 0.25) is 0 Å². The molecule has 0 radical (unpaired) electrons. The maximum absolute atomic E-state index is 9.13. The zero-order chi connectivity index (χ0) is 6.85. The van der Waals surface area contributed by atoms with Gasteiger partial charge in [-0.1, -0.05) is 6.92 Å². The molecule has 1 aliphatic heterocycles. The third-order valence-electron chi connectivity index (χ3n) is 1.93. The van der Waals surface area contributed by atoms with E-state index in [0.29, 0.717) is 0 Å². The van der Waals surface area contributed by atoms with Crippen molar-refractivity contribution < 1.29 is 5.11 Å². The summed E-state index contributed by atoms with van der Waals surface area (Å²) in [6.07, 6.45) is 0.412. The summed E-state index contributed by atoms with van der Waals surface area (Å²) >= 11 is 0. The van der Waals surface area contributed by atoms with E-state index in [1.807, 2.05) is 0 Å². The van der Waals surface area contributed by atoms with Gasteiger partial charge in [0.15, 0.2) is 0 Å². The molecule has 0 aromatic rings. The summed E-state index contributed by atoms with van der Waals surface area (Å²) in [4.78, 5) is 2.07. The van der Waals surface area contributed by atoms with Crippen LogP contribution in [0.1, 0.15) is 13.3 Å². The highest BCUT2D eigenvalue weighted by Gasteiger charge is 2.27. The minimum absolute atomic E-state index is 0.116. The van der Waals surface area contributed by atoms with E-state index < -0.39 is 0 Å². The molecule has 0 spiro atoms. The highest BCUT2D eigenvalue weighted by molar-refractivity contribution is 4.80. The first-order chi connectivity index (χ1) is 4.25. The maximum Gasteiger partial charge on any atom is 0.0840 e. The van der Waals surface area contributed by atoms with Crippen molar-refractivity contribution in [2.24, 2.45) is 5.73 Å². The van der Waals surface area contributed by atoms with Crippen molar-refractivity contribution in [1.82, 2.24) is 4.90 Å². The Hall–Kier alpha value is -0.120. The van der Waals surface area contributed by atoms with Gasteiger partial charge >= 0.3 is 0 Å². The molecule has 1 saturated heterocycles. The summed E-state index contributed by atoms with van der Waals surface area (Å²) in [6, 6.07) is 0. The smallest absolute Gasteiger partial charge is 0.0840 e. The van der Waals surface area contributed by atoms with Gasteiger partial charge in [0.05, 0.1) is 12.3 Å². The van der Waals surface area contributed by atoms with Crippen molar-refractivity contribution in [3.8, 4) is 0 Å². The van der Waals surface area contributed by atoms with E-state index in [4.69, 9.17) is 10.8 Å². The van der Waals surface area contributed by atoms with Crippen LogP contribution in [-0.4, -0.2) is 35.4 Å². The Morgan fingerprint density at radius 3 is 2.67 bits per heavy atom. The van der Waals surface area contributed by atoms with Gasteiger partial charge in [0.25, 0.3) is 0 Å². The first-order valence-corrected chi connectivity index (χ1v) is 3.43. The lowest BCUT2D eigenvalue weighted by molar-refractivity contribution is 0.122. The molecule has 3 nitrogen and oxygen atoms in total. The van der Waals surface area contributed by atoms with Crippen LogP contribution in [0.3, 0.4) is 0 Å². The number of aliphatic hydroxyl groups is 1. The summed E-state index contributed by atoms with van der Waals surface area (Å²) in [5, 5.41) is 9.13. The van der Waals surface area contributed by atoms with Crippen LogP contribution in [0.25, 0.3) is 0 Å². The fourth-order valence-corrected chi connectivity index (χ4v) is 1.23. The Morgan fingerprint density at radius 1 is 1.78 bits per heavy atom. The molecule has 2 unspecified atom stereocenters. The van der Waals surface area contributed by atoms with E-state index in [1.165, 1.54) is 0 Å². The summed E-state index contributed by atoms with van der Waals surface area (Å²) in [7, 11) is 0. The normalized spacial score (nSPS) is 37.7. The maximum atomic E-state index is 9.13. The second-order valence-corrected chi connectivity index (χ2v) is 2.48. The van der Waals surface area contributed by atoms with Crippen LogP contribution in [0.5, 0.6) is 0 Å². The number of likely N-dealkylation sites (tertiary alicyclic amines) is 1. The molecular formula is C6H14N2O. The molecule has 3 N–H and O–H groups in total. The predicted molar refractivity (Wildman–Crippen MR) is 35.8 cm³/mol. The fraction of sp³-hybridized carbons (Fsp3) is 1.00. The number of nitrogens with zero attached hydrogens (tertiary/aromatic N) is 1. The van der Waals surface area contributed by atoms with Crippen molar-refractivity contribution in [2.45, 2.75) is 25.6 Å². The molecule has 1 heterocycles. The van der Waals surface area contributed by atoms with Gasteiger partial charge in [0, 0.05) is 6.54 Å². The molecule has 1 rings (SSSR count). The van der Waals surface area contributed by atoms with Crippen LogP contribution in [0, 0.1) is 0 Å². The van der Waals surface area contributed by atoms with Crippen molar-refractivity contribution >= 4 is 0 Å². The number of hydrogen-bond donors (Lipinski definition) is 2. The minimum Gasteiger partial charge on any atom is -0.390 e. The molecule has 54 valence electrons. The van der Waals surface area contributed by atoms with Crippen molar-refractivity contribution in [3.63, 3.8) is 0 Å². The van der Waals surface area contributed by atoms with Crippen LogP contribution in [0.4, 0.5) is 0 Å². The molecule has 3 heteroatoms. The molecule has 1 aliphatic rings. The second-order valence-electron chi connectivity index (χ2n) is 2.48. The van der Waals surface area contributed by atoms with E-state index >= 15 is 0 Å². The predicted octanol–water partition coefficient (Wildman–Crippen LogP) is -0.642. The minimum atomic E-state index is -0.301. The van der Waals surface area contributed by atoms with Crippen LogP contribution < -0.4 is 5.73 Å². The topological polar surface area (TPSA) is 49.5 Å². The van der Waals surface area contributed by atoms with Gasteiger partial charge in [-0.15, -0.1) is 0 Å². The van der Waals surface area contributed by atoms with Crippen molar-refractivity contribution in [3.05, 3.63) is 0 Å². The molecule has 0 saturated carbocycles. The van der Waals surface area contributed by atoms with Crippen LogP contribution in [-0.2, 0) is 0 Å². The second kappa shape index (κ2) is 2.64. The SMILES string of the molecule is CCN1CCC(O)C1N. The third kappa shape index (κ3) is 1.23. The number of rotatable bonds is 1. The van der Waals surface area contributed by atoms with E-state index in [1.54, 1.807) is 0 Å². The van der Waals surface area contributed by atoms with Gasteiger partial charge in [-0.05, 0) is 13.0 Å². The number of aliphatic hydroxyl groups excluding tert-OH is 1. The quantitative estimate of drug-likeness (QED) is 0.496. The van der Waals surface area contributed by atoms with Gasteiger partial charge in [-0.25, -0.2) is 0 Å². The molecule has 9 heavy (non-hydrogen) atoms. The Labute approximate surface area is 55.5 Å². The van der Waals surface area contributed by atoms with Crippen LogP contribution in [0.2, 0.25) is 0 Å². The lowest BCUT2D eigenvalue weighted by Gasteiger charge is -2.19. The zero-order valence-corrected chi connectivity index (χ0v) is 5.75. The molecule has 0 aromatic carbocycles. The van der Waals surface area contributed by atoms with Gasteiger partial charge < -0.3 is 10.8 Å². The number of likely N-dealkylation sites (N-methyl/N-ethyl adjacent to an activating group) is 1. The van der Waals surface area contributed by atoms with E-state index in [9.17, 15) is 0 Å². The molecule has 0 amide bonds. The molecule has 0 aromatic heterocycles.